The zero-order valence-corrected chi connectivity index (χ0v) is 13.8. The first-order valence-electron chi connectivity index (χ1n) is 6.92. The van der Waals surface area contributed by atoms with Crippen LogP contribution in [0.2, 0.25) is 5.02 Å². The lowest BCUT2D eigenvalue weighted by molar-refractivity contribution is 0.102. The number of carbonyl (C=O) groups is 1. The van der Waals surface area contributed by atoms with Crippen molar-refractivity contribution in [2.75, 3.05) is 5.32 Å². The molecule has 120 valence electrons. The van der Waals surface area contributed by atoms with Gasteiger partial charge in [0, 0.05) is 27.2 Å². The second-order valence-corrected chi connectivity index (χ2v) is 6.29. The Bertz CT molecular complexity index is 859. The molecule has 0 saturated carbocycles. The molecule has 0 fully saturated rings. The maximum Gasteiger partial charge on any atom is 0.275 e. The summed E-state index contributed by atoms with van der Waals surface area (Å²) < 4.78 is 13.0. The molecule has 3 rings (SSSR count). The van der Waals surface area contributed by atoms with Crippen molar-refractivity contribution in [1.82, 2.24) is 9.97 Å². The Morgan fingerprint density at radius 3 is 2.62 bits per heavy atom. The molecule has 24 heavy (non-hydrogen) atoms. The topological polar surface area (TPSA) is 54.9 Å². The molecule has 1 aromatic heterocycles. The summed E-state index contributed by atoms with van der Waals surface area (Å²) >= 11 is 7.42. The number of benzene rings is 2. The van der Waals surface area contributed by atoms with Gasteiger partial charge in [0.25, 0.3) is 5.91 Å². The van der Waals surface area contributed by atoms with Crippen molar-refractivity contribution in [2.45, 2.75) is 9.79 Å². The first kappa shape index (κ1) is 16.4. The molecule has 0 radical (unpaired) electrons. The molecular weight excluding hydrogens is 349 g/mol. The van der Waals surface area contributed by atoms with E-state index in [4.69, 9.17) is 11.6 Å². The quantitative estimate of drug-likeness (QED) is 0.735. The first-order valence-corrected chi connectivity index (χ1v) is 8.11. The van der Waals surface area contributed by atoms with Crippen LogP contribution in [-0.2, 0) is 0 Å². The minimum atomic E-state index is -0.383. The minimum absolute atomic E-state index is 0.204. The number of rotatable bonds is 4. The van der Waals surface area contributed by atoms with Gasteiger partial charge in [-0.25, -0.2) is 9.37 Å². The number of amides is 1. The standard InChI is InChI=1S/C17H11ClFN3OS/c18-11-1-6-16(24-13-4-2-12(19)3-5-13)14(9-11)22-17(23)15-10-20-7-8-21-15/h1-10H,(H,22,23). The number of aromatic nitrogens is 2. The summed E-state index contributed by atoms with van der Waals surface area (Å²) in [6.07, 6.45) is 4.32. The zero-order chi connectivity index (χ0) is 16.9. The molecule has 0 spiro atoms. The molecule has 0 aliphatic carbocycles. The Hall–Kier alpha value is -2.44. The lowest BCUT2D eigenvalue weighted by atomic mass is 10.3. The molecule has 0 aliphatic rings. The molecule has 7 heteroatoms. The summed E-state index contributed by atoms with van der Waals surface area (Å²) in [5.74, 6) is -0.682. The Balaban J connectivity index is 1.85. The van der Waals surface area contributed by atoms with Gasteiger partial charge in [-0.2, -0.15) is 0 Å². The van der Waals surface area contributed by atoms with Crippen LogP contribution in [-0.4, -0.2) is 15.9 Å². The number of halogens is 2. The maximum atomic E-state index is 13.0. The summed E-state index contributed by atoms with van der Waals surface area (Å²) in [4.78, 5) is 21.7. The van der Waals surface area contributed by atoms with Gasteiger partial charge in [0.05, 0.1) is 11.9 Å². The fourth-order valence-electron chi connectivity index (χ4n) is 1.92. The second-order valence-electron chi connectivity index (χ2n) is 4.74. The molecule has 0 atom stereocenters. The summed E-state index contributed by atoms with van der Waals surface area (Å²) in [6.45, 7) is 0. The number of nitrogens with one attached hydrogen (secondary N) is 1. The van der Waals surface area contributed by atoms with Crippen LogP contribution in [0.1, 0.15) is 10.5 Å². The number of hydrogen-bond donors (Lipinski definition) is 1. The number of carbonyl (C=O) groups excluding carboxylic acids is 1. The van der Waals surface area contributed by atoms with Gasteiger partial charge >= 0.3 is 0 Å². The van der Waals surface area contributed by atoms with Gasteiger partial charge in [-0.15, -0.1) is 0 Å². The summed E-state index contributed by atoms with van der Waals surface area (Å²) in [5, 5.41) is 3.27. The van der Waals surface area contributed by atoms with Crippen LogP contribution >= 0.6 is 23.4 Å². The van der Waals surface area contributed by atoms with Crippen molar-refractivity contribution in [1.29, 1.82) is 0 Å². The highest BCUT2D eigenvalue weighted by atomic mass is 35.5. The second kappa shape index (κ2) is 7.42. The van der Waals surface area contributed by atoms with Crippen LogP contribution in [0, 0.1) is 5.82 Å². The molecule has 0 bridgehead atoms. The molecule has 1 amide bonds. The highest BCUT2D eigenvalue weighted by Crippen LogP contribution is 2.35. The van der Waals surface area contributed by atoms with E-state index < -0.39 is 0 Å². The van der Waals surface area contributed by atoms with Gasteiger partial charge in [-0.1, -0.05) is 23.4 Å². The molecule has 0 aliphatic heterocycles. The highest BCUT2D eigenvalue weighted by Gasteiger charge is 2.12. The molecule has 0 unspecified atom stereocenters. The van der Waals surface area contributed by atoms with Crippen molar-refractivity contribution >= 4 is 35.0 Å². The van der Waals surface area contributed by atoms with Crippen LogP contribution < -0.4 is 5.32 Å². The van der Waals surface area contributed by atoms with E-state index in [1.807, 2.05) is 0 Å². The predicted octanol–water partition coefficient (Wildman–Crippen LogP) is 4.67. The highest BCUT2D eigenvalue weighted by molar-refractivity contribution is 7.99. The van der Waals surface area contributed by atoms with Crippen LogP contribution in [0.4, 0.5) is 10.1 Å². The van der Waals surface area contributed by atoms with Gasteiger partial charge in [-0.05, 0) is 42.5 Å². The van der Waals surface area contributed by atoms with Crippen molar-refractivity contribution < 1.29 is 9.18 Å². The van der Waals surface area contributed by atoms with E-state index in [-0.39, 0.29) is 17.4 Å². The smallest absolute Gasteiger partial charge is 0.275 e. The monoisotopic (exact) mass is 359 g/mol. The SMILES string of the molecule is O=C(Nc1cc(Cl)ccc1Sc1ccc(F)cc1)c1cnccn1. The Labute approximate surface area is 147 Å². The van der Waals surface area contributed by atoms with E-state index in [1.54, 1.807) is 30.3 Å². The summed E-state index contributed by atoms with van der Waals surface area (Å²) in [7, 11) is 0. The predicted molar refractivity (Wildman–Crippen MR) is 92.0 cm³/mol. The average Bonchev–Trinajstić information content (AvgIpc) is 2.60. The lowest BCUT2D eigenvalue weighted by Gasteiger charge is -2.11. The van der Waals surface area contributed by atoms with E-state index in [1.165, 1.54) is 42.5 Å². The van der Waals surface area contributed by atoms with Crippen LogP contribution in [0.25, 0.3) is 0 Å². The van der Waals surface area contributed by atoms with Gasteiger partial charge in [-0.3, -0.25) is 9.78 Å². The van der Waals surface area contributed by atoms with Gasteiger partial charge < -0.3 is 5.32 Å². The number of nitrogens with zero attached hydrogens (tertiary/aromatic N) is 2. The summed E-state index contributed by atoms with van der Waals surface area (Å²) in [5.41, 5.74) is 0.752. The van der Waals surface area contributed by atoms with Crippen LogP contribution in [0.3, 0.4) is 0 Å². The Morgan fingerprint density at radius 2 is 1.92 bits per heavy atom. The van der Waals surface area contributed by atoms with E-state index in [0.717, 1.165) is 9.79 Å². The fourth-order valence-corrected chi connectivity index (χ4v) is 2.98. The maximum absolute atomic E-state index is 13.0. The van der Waals surface area contributed by atoms with Crippen molar-refractivity contribution in [2.24, 2.45) is 0 Å². The Morgan fingerprint density at radius 1 is 1.12 bits per heavy atom. The third-order valence-corrected chi connectivity index (χ3v) is 4.35. The van der Waals surface area contributed by atoms with Crippen LogP contribution in [0.15, 0.2) is 70.8 Å². The van der Waals surface area contributed by atoms with Crippen molar-refractivity contribution in [3.63, 3.8) is 0 Å². The molecule has 3 aromatic rings. The largest absolute Gasteiger partial charge is 0.320 e. The number of hydrogen-bond acceptors (Lipinski definition) is 4. The van der Waals surface area contributed by atoms with Gasteiger partial charge in [0.1, 0.15) is 11.5 Å². The van der Waals surface area contributed by atoms with Crippen molar-refractivity contribution in [3.8, 4) is 0 Å². The fraction of sp³-hybridized carbons (Fsp3) is 0. The van der Waals surface area contributed by atoms with Crippen LogP contribution in [0.5, 0.6) is 0 Å². The third-order valence-electron chi connectivity index (χ3n) is 3.03. The molecule has 4 nitrogen and oxygen atoms in total. The van der Waals surface area contributed by atoms with E-state index in [2.05, 4.69) is 15.3 Å². The molecule has 2 aromatic carbocycles. The van der Waals surface area contributed by atoms with E-state index in [0.29, 0.717) is 10.7 Å². The minimum Gasteiger partial charge on any atom is -0.320 e. The van der Waals surface area contributed by atoms with Crippen molar-refractivity contribution in [3.05, 3.63) is 77.6 Å². The normalized spacial score (nSPS) is 10.4. The molecule has 0 saturated heterocycles. The van der Waals surface area contributed by atoms with E-state index >= 15 is 0 Å². The van der Waals surface area contributed by atoms with Gasteiger partial charge in [0.2, 0.25) is 0 Å². The first-order chi connectivity index (χ1) is 11.6. The zero-order valence-electron chi connectivity index (χ0n) is 12.2. The average molecular weight is 360 g/mol. The summed E-state index contributed by atoms with van der Waals surface area (Å²) in [6, 6.07) is 11.3. The third kappa shape index (κ3) is 4.10. The molecular formula is C17H11ClFN3OS. The molecule has 1 N–H and O–H groups in total. The lowest BCUT2D eigenvalue weighted by Crippen LogP contribution is -2.14. The number of anilines is 1. The Kier molecular flexibility index (Phi) is 5.08. The van der Waals surface area contributed by atoms with Gasteiger partial charge in [0.15, 0.2) is 0 Å². The molecule has 1 heterocycles. The van der Waals surface area contributed by atoms with E-state index in [9.17, 15) is 9.18 Å².